The number of rotatable bonds is 2. The lowest BCUT2D eigenvalue weighted by Crippen LogP contribution is -2.44. The molecule has 0 spiro atoms. The van der Waals surface area contributed by atoms with Crippen LogP contribution in [-0.4, -0.2) is 33.4 Å². The molecular weight excluding hydrogens is 310 g/mol. The highest BCUT2D eigenvalue weighted by Gasteiger charge is 2.25. The van der Waals surface area contributed by atoms with Gasteiger partial charge in [-0.2, -0.15) is 0 Å². The van der Waals surface area contributed by atoms with Crippen molar-refractivity contribution in [2.75, 3.05) is 13.1 Å². The quantitative estimate of drug-likeness (QED) is 0.849. The predicted octanol–water partition coefficient (Wildman–Crippen LogP) is 2.58. The Bertz CT molecular complexity index is 798. The van der Waals surface area contributed by atoms with Crippen LogP contribution in [0, 0.1) is 25.7 Å². The van der Waals surface area contributed by atoms with Gasteiger partial charge in [-0.15, -0.1) is 11.3 Å². The minimum Gasteiger partial charge on any atom is -0.341 e. The van der Waals surface area contributed by atoms with Gasteiger partial charge < -0.3 is 4.90 Å². The molecule has 2 aromatic heterocycles. The van der Waals surface area contributed by atoms with Gasteiger partial charge in [0, 0.05) is 18.0 Å². The lowest BCUT2D eigenvalue weighted by atomic mass is 9.92. The Morgan fingerprint density at radius 3 is 2.61 bits per heavy atom. The number of aryl methyl sites for hydroxylation is 2. The number of carbonyl (C=O) groups is 1. The summed E-state index contributed by atoms with van der Waals surface area (Å²) in [5, 5.41) is 0.656. The second kappa shape index (κ2) is 6.07. The van der Waals surface area contributed by atoms with Crippen LogP contribution >= 0.6 is 11.3 Å². The molecule has 3 heterocycles. The van der Waals surface area contributed by atoms with Gasteiger partial charge in [0.05, 0.1) is 11.7 Å². The van der Waals surface area contributed by atoms with E-state index in [1.807, 2.05) is 18.7 Å². The van der Waals surface area contributed by atoms with Crippen molar-refractivity contribution in [2.24, 2.45) is 11.8 Å². The molecule has 1 saturated heterocycles. The van der Waals surface area contributed by atoms with E-state index in [0.29, 0.717) is 17.2 Å². The third-order valence-corrected chi connectivity index (χ3v) is 5.80. The summed E-state index contributed by atoms with van der Waals surface area (Å²) < 4.78 is 1.45. The first-order chi connectivity index (χ1) is 10.9. The molecule has 0 aromatic carbocycles. The average molecular weight is 333 g/mol. The van der Waals surface area contributed by atoms with Crippen molar-refractivity contribution in [1.29, 1.82) is 0 Å². The van der Waals surface area contributed by atoms with Gasteiger partial charge in [-0.05, 0) is 37.7 Å². The minimum atomic E-state index is -0.108. The van der Waals surface area contributed by atoms with Crippen molar-refractivity contribution in [1.82, 2.24) is 14.5 Å². The number of fused-ring (bicyclic) bond motifs is 1. The molecule has 3 rings (SSSR count). The van der Waals surface area contributed by atoms with Crippen LogP contribution in [0.1, 0.15) is 30.7 Å². The van der Waals surface area contributed by atoms with Gasteiger partial charge in [-0.1, -0.05) is 13.8 Å². The average Bonchev–Trinajstić information content (AvgIpc) is 2.77. The van der Waals surface area contributed by atoms with E-state index in [0.717, 1.165) is 34.8 Å². The van der Waals surface area contributed by atoms with Crippen molar-refractivity contribution >= 4 is 27.5 Å². The zero-order valence-electron chi connectivity index (χ0n) is 14.1. The molecule has 1 amide bonds. The first-order valence-corrected chi connectivity index (χ1v) is 8.91. The first-order valence-electron chi connectivity index (χ1n) is 8.09. The van der Waals surface area contributed by atoms with E-state index in [9.17, 15) is 9.59 Å². The molecule has 5 nitrogen and oxygen atoms in total. The fourth-order valence-electron chi connectivity index (χ4n) is 3.49. The topological polar surface area (TPSA) is 55.2 Å². The van der Waals surface area contributed by atoms with Gasteiger partial charge in [-0.3, -0.25) is 14.2 Å². The monoisotopic (exact) mass is 333 g/mol. The van der Waals surface area contributed by atoms with E-state index >= 15 is 0 Å². The lowest BCUT2D eigenvalue weighted by molar-refractivity contribution is -0.134. The number of nitrogens with zero attached hydrogens (tertiary/aromatic N) is 3. The maximum Gasteiger partial charge on any atom is 0.262 e. The van der Waals surface area contributed by atoms with Crippen LogP contribution < -0.4 is 5.56 Å². The second-order valence-corrected chi connectivity index (χ2v) is 8.09. The summed E-state index contributed by atoms with van der Waals surface area (Å²) >= 11 is 1.53. The fraction of sp³-hybridized carbons (Fsp3) is 0.588. The van der Waals surface area contributed by atoms with Gasteiger partial charge in [0.15, 0.2) is 0 Å². The molecule has 124 valence electrons. The summed E-state index contributed by atoms with van der Waals surface area (Å²) in [6, 6.07) is 0. The summed E-state index contributed by atoms with van der Waals surface area (Å²) in [4.78, 5) is 33.4. The third kappa shape index (κ3) is 3.04. The van der Waals surface area contributed by atoms with Gasteiger partial charge in [0.2, 0.25) is 5.91 Å². The lowest BCUT2D eigenvalue weighted by Gasteiger charge is -2.35. The molecule has 0 aliphatic carbocycles. The molecule has 0 saturated carbocycles. The molecule has 1 fully saturated rings. The van der Waals surface area contributed by atoms with Gasteiger partial charge in [0.25, 0.3) is 5.56 Å². The van der Waals surface area contributed by atoms with Crippen LogP contribution in [0.5, 0.6) is 0 Å². The Morgan fingerprint density at radius 1 is 1.30 bits per heavy atom. The van der Waals surface area contributed by atoms with E-state index in [-0.39, 0.29) is 18.0 Å². The normalized spacial score (nSPS) is 21.8. The number of likely N-dealkylation sites (tertiary alicyclic amines) is 1. The summed E-state index contributed by atoms with van der Waals surface area (Å²) in [6.45, 7) is 9.93. The number of piperidine rings is 1. The number of thiophene rings is 1. The molecule has 1 aliphatic rings. The molecule has 0 bridgehead atoms. The largest absolute Gasteiger partial charge is 0.341 e. The van der Waals surface area contributed by atoms with E-state index in [1.165, 1.54) is 22.2 Å². The molecule has 0 radical (unpaired) electrons. The van der Waals surface area contributed by atoms with Crippen molar-refractivity contribution in [2.45, 2.75) is 40.7 Å². The van der Waals surface area contributed by atoms with Crippen LogP contribution in [0.3, 0.4) is 0 Å². The zero-order chi connectivity index (χ0) is 16.7. The Hall–Kier alpha value is -1.69. The maximum absolute atomic E-state index is 12.7. The van der Waals surface area contributed by atoms with Crippen molar-refractivity contribution in [3.8, 4) is 0 Å². The molecular formula is C17H23N3O2S. The van der Waals surface area contributed by atoms with Gasteiger partial charge in [0.1, 0.15) is 11.4 Å². The highest BCUT2D eigenvalue weighted by Crippen LogP contribution is 2.25. The van der Waals surface area contributed by atoms with Gasteiger partial charge >= 0.3 is 0 Å². The van der Waals surface area contributed by atoms with Crippen molar-refractivity contribution in [3.05, 3.63) is 27.1 Å². The zero-order valence-corrected chi connectivity index (χ0v) is 14.9. The molecule has 2 atom stereocenters. The summed E-state index contributed by atoms with van der Waals surface area (Å²) in [5.74, 6) is 1.04. The maximum atomic E-state index is 12.7. The standard InChI is InChI=1S/C17H23N3O2S/c1-10-5-11(2)7-19(6-10)14(21)8-20-9-18-16-15(17(20)22)12(3)13(4)23-16/h9-11H,5-8H2,1-4H3. The number of hydrogen-bond acceptors (Lipinski definition) is 4. The highest BCUT2D eigenvalue weighted by atomic mass is 32.1. The van der Waals surface area contributed by atoms with Gasteiger partial charge in [-0.25, -0.2) is 4.98 Å². The predicted molar refractivity (Wildman–Crippen MR) is 92.9 cm³/mol. The first kappa shape index (κ1) is 16.2. The van der Waals surface area contributed by atoms with Crippen molar-refractivity contribution in [3.63, 3.8) is 0 Å². The fourth-order valence-corrected chi connectivity index (χ4v) is 4.48. The smallest absolute Gasteiger partial charge is 0.262 e. The van der Waals surface area contributed by atoms with E-state index in [4.69, 9.17) is 0 Å². The minimum absolute atomic E-state index is 0.0104. The van der Waals surface area contributed by atoms with Crippen LogP contribution in [0.15, 0.2) is 11.1 Å². The van der Waals surface area contributed by atoms with Crippen LogP contribution in [0.4, 0.5) is 0 Å². The number of amides is 1. The molecule has 0 N–H and O–H groups in total. The molecule has 2 unspecified atom stereocenters. The van der Waals surface area contributed by atoms with Crippen LogP contribution in [0.2, 0.25) is 0 Å². The van der Waals surface area contributed by atoms with Crippen molar-refractivity contribution < 1.29 is 4.79 Å². The summed E-state index contributed by atoms with van der Waals surface area (Å²) in [6.07, 6.45) is 2.67. The summed E-state index contributed by atoms with van der Waals surface area (Å²) in [7, 11) is 0. The number of aromatic nitrogens is 2. The highest BCUT2D eigenvalue weighted by molar-refractivity contribution is 7.18. The Morgan fingerprint density at radius 2 is 1.96 bits per heavy atom. The molecule has 23 heavy (non-hydrogen) atoms. The van der Waals surface area contributed by atoms with Crippen LogP contribution in [-0.2, 0) is 11.3 Å². The Labute approximate surface area is 139 Å². The van der Waals surface area contributed by atoms with E-state index in [1.54, 1.807) is 0 Å². The molecule has 2 aromatic rings. The SMILES string of the molecule is Cc1sc2ncn(CC(=O)N3CC(C)CC(C)C3)c(=O)c2c1C. The molecule has 1 aliphatic heterocycles. The van der Waals surface area contributed by atoms with Crippen LogP contribution in [0.25, 0.3) is 10.2 Å². The third-order valence-electron chi connectivity index (χ3n) is 4.68. The second-order valence-electron chi connectivity index (χ2n) is 6.89. The Balaban J connectivity index is 1.87. The molecule has 6 heteroatoms. The van der Waals surface area contributed by atoms with E-state index < -0.39 is 0 Å². The number of carbonyl (C=O) groups excluding carboxylic acids is 1. The number of hydrogen-bond donors (Lipinski definition) is 0. The Kier molecular flexibility index (Phi) is 4.27. The van der Waals surface area contributed by atoms with E-state index in [2.05, 4.69) is 18.8 Å². The summed E-state index contributed by atoms with van der Waals surface area (Å²) in [5.41, 5.74) is 0.868.